The second-order valence-corrected chi connectivity index (χ2v) is 8.46. The van der Waals surface area contributed by atoms with Crippen molar-refractivity contribution in [3.63, 3.8) is 0 Å². The number of hydrogen-bond donors (Lipinski definition) is 0. The summed E-state index contributed by atoms with van der Waals surface area (Å²) in [6.07, 6.45) is 1.63. The Kier molecular flexibility index (Phi) is 5.33. The van der Waals surface area contributed by atoms with Gasteiger partial charge in [-0.05, 0) is 35.4 Å². The summed E-state index contributed by atoms with van der Waals surface area (Å²) >= 11 is 1.59. The lowest BCUT2D eigenvalue weighted by molar-refractivity contribution is 0.249. The fourth-order valence-electron chi connectivity index (χ4n) is 4.00. The van der Waals surface area contributed by atoms with Gasteiger partial charge in [-0.3, -0.25) is 4.90 Å². The number of thiophene rings is 1. The Bertz CT molecular complexity index is 1240. The molecule has 0 aliphatic carbocycles. The summed E-state index contributed by atoms with van der Waals surface area (Å²) in [6, 6.07) is 16.6. The van der Waals surface area contributed by atoms with Crippen LogP contribution < -0.4 is 4.90 Å². The van der Waals surface area contributed by atoms with Crippen LogP contribution in [0.5, 0.6) is 0 Å². The summed E-state index contributed by atoms with van der Waals surface area (Å²) in [4.78, 5) is 14.8. The van der Waals surface area contributed by atoms with Crippen LogP contribution in [0.1, 0.15) is 11.1 Å². The van der Waals surface area contributed by atoms with Crippen molar-refractivity contribution in [1.29, 1.82) is 5.26 Å². The topological polar surface area (TPSA) is 56.1 Å². The average molecular weight is 430 g/mol. The Morgan fingerprint density at radius 2 is 1.71 bits per heavy atom. The van der Waals surface area contributed by atoms with Gasteiger partial charge in [-0.2, -0.15) is 5.26 Å². The van der Waals surface area contributed by atoms with Crippen molar-refractivity contribution in [2.45, 2.75) is 6.54 Å². The van der Waals surface area contributed by atoms with E-state index in [1.165, 1.54) is 17.7 Å². The van der Waals surface area contributed by atoms with Gasteiger partial charge >= 0.3 is 0 Å². The van der Waals surface area contributed by atoms with Crippen LogP contribution in [-0.4, -0.2) is 41.0 Å². The maximum Gasteiger partial charge on any atom is 0.141 e. The average Bonchev–Trinajstić information content (AvgIpc) is 3.25. The van der Waals surface area contributed by atoms with Gasteiger partial charge < -0.3 is 4.90 Å². The zero-order chi connectivity index (χ0) is 21.2. The van der Waals surface area contributed by atoms with Crippen LogP contribution in [0, 0.1) is 17.1 Å². The fourth-order valence-corrected chi connectivity index (χ4v) is 4.91. The number of piperazine rings is 1. The summed E-state index contributed by atoms with van der Waals surface area (Å²) in [6.45, 7) is 4.49. The number of aromatic nitrogens is 2. The first kappa shape index (κ1) is 19.6. The molecular weight excluding hydrogens is 409 g/mol. The molecule has 31 heavy (non-hydrogen) atoms. The smallest absolute Gasteiger partial charge is 0.141 e. The fraction of sp³-hybridized carbons (Fsp3) is 0.208. The van der Waals surface area contributed by atoms with Crippen LogP contribution in [0.25, 0.3) is 21.3 Å². The van der Waals surface area contributed by atoms with Gasteiger partial charge in [-0.25, -0.2) is 14.4 Å². The van der Waals surface area contributed by atoms with Crippen molar-refractivity contribution >= 4 is 27.4 Å². The number of nitrogens with zero attached hydrogens (tertiary/aromatic N) is 5. The second-order valence-electron chi connectivity index (χ2n) is 7.61. The van der Waals surface area contributed by atoms with Gasteiger partial charge in [0.1, 0.15) is 22.8 Å². The van der Waals surface area contributed by atoms with E-state index in [2.05, 4.69) is 31.2 Å². The van der Waals surface area contributed by atoms with Crippen molar-refractivity contribution in [1.82, 2.24) is 14.9 Å². The molecule has 1 saturated heterocycles. The van der Waals surface area contributed by atoms with Crippen LogP contribution in [0.4, 0.5) is 10.2 Å². The number of hydrogen-bond acceptors (Lipinski definition) is 6. The first-order valence-corrected chi connectivity index (χ1v) is 11.0. The van der Waals surface area contributed by atoms with Gasteiger partial charge in [-0.15, -0.1) is 11.3 Å². The van der Waals surface area contributed by atoms with Crippen LogP contribution in [0.3, 0.4) is 0 Å². The third-order valence-electron chi connectivity index (χ3n) is 5.67. The third kappa shape index (κ3) is 4.00. The molecule has 1 aliphatic rings. The van der Waals surface area contributed by atoms with Crippen molar-refractivity contribution in [2.75, 3.05) is 31.1 Å². The summed E-state index contributed by atoms with van der Waals surface area (Å²) in [7, 11) is 0. The van der Waals surface area contributed by atoms with E-state index in [0.29, 0.717) is 5.56 Å². The van der Waals surface area contributed by atoms with Gasteiger partial charge in [-0.1, -0.05) is 24.3 Å². The molecule has 2 aromatic heterocycles. The third-order valence-corrected chi connectivity index (χ3v) is 6.55. The van der Waals surface area contributed by atoms with E-state index < -0.39 is 0 Å². The first-order valence-electron chi connectivity index (χ1n) is 10.2. The van der Waals surface area contributed by atoms with E-state index >= 15 is 0 Å². The number of nitriles is 1. The lowest BCUT2D eigenvalue weighted by Gasteiger charge is -2.35. The van der Waals surface area contributed by atoms with Crippen LogP contribution in [-0.2, 0) is 6.54 Å². The molecule has 0 spiro atoms. The minimum absolute atomic E-state index is 0.238. The molecule has 5 rings (SSSR count). The molecule has 0 radical (unpaired) electrons. The van der Waals surface area contributed by atoms with E-state index in [-0.39, 0.29) is 5.82 Å². The van der Waals surface area contributed by atoms with Gasteiger partial charge in [0.25, 0.3) is 0 Å². The van der Waals surface area contributed by atoms with E-state index in [4.69, 9.17) is 5.26 Å². The highest BCUT2D eigenvalue weighted by molar-refractivity contribution is 7.17. The van der Waals surface area contributed by atoms with Crippen LogP contribution >= 0.6 is 11.3 Å². The Morgan fingerprint density at radius 1 is 0.968 bits per heavy atom. The predicted molar refractivity (Wildman–Crippen MR) is 121 cm³/mol. The van der Waals surface area contributed by atoms with Crippen molar-refractivity contribution in [3.05, 3.63) is 77.2 Å². The zero-order valence-corrected chi connectivity index (χ0v) is 17.6. The van der Waals surface area contributed by atoms with Gasteiger partial charge in [0.2, 0.25) is 0 Å². The first-order chi connectivity index (χ1) is 15.2. The van der Waals surface area contributed by atoms with Gasteiger partial charge in [0, 0.05) is 43.7 Å². The highest BCUT2D eigenvalue weighted by Gasteiger charge is 2.22. The van der Waals surface area contributed by atoms with Crippen molar-refractivity contribution in [2.24, 2.45) is 0 Å². The quantitative estimate of drug-likeness (QED) is 0.471. The number of rotatable bonds is 4. The molecule has 0 bridgehead atoms. The summed E-state index contributed by atoms with van der Waals surface area (Å²) in [5.41, 5.74) is 3.93. The highest BCUT2D eigenvalue weighted by Crippen LogP contribution is 2.38. The number of benzene rings is 2. The molecule has 7 heteroatoms. The maximum absolute atomic E-state index is 13.4. The molecule has 1 aliphatic heterocycles. The zero-order valence-electron chi connectivity index (χ0n) is 16.8. The number of anilines is 1. The Morgan fingerprint density at radius 3 is 2.42 bits per heavy atom. The molecule has 3 heterocycles. The monoisotopic (exact) mass is 429 g/mol. The predicted octanol–water partition coefficient (Wildman–Crippen LogP) is 4.69. The summed E-state index contributed by atoms with van der Waals surface area (Å²) in [5.74, 6) is 0.710. The number of halogens is 1. The Hall–Kier alpha value is -3.34. The van der Waals surface area contributed by atoms with E-state index in [9.17, 15) is 4.39 Å². The van der Waals surface area contributed by atoms with Crippen molar-refractivity contribution in [3.8, 4) is 17.2 Å². The molecule has 154 valence electrons. The minimum atomic E-state index is -0.238. The van der Waals surface area contributed by atoms with Crippen molar-refractivity contribution < 1.29 is 4.39 Å². The largest absolute Gasteiger partial charge is 0.353 e. The molecule has 2 aromatic carbocycles. The normalized spacial score (nSPS) is 14.6. The molecule has 0 atom stereocenters. The highest BCUT2D eigenvalue weighted by atomic mass is 32.1. The summed E-state index contributed by atoms with van der Waals surface area (Å²) < 4.78 is 13.4. The van der Waals surface area contributed by atoms with Crippen LogP contribution in [0.2, 0.25) is 0 Å². The lowest BCUT2D eigenvalue weighted by Crippen LogP contribution is -2.46. The molecule has 0 saturated carbocycles. The van der Waals surface area contributed by atoms with Gasteiger partial charge in [0.15, 0.2) is 0 Å². The molecular formula is C24H20FN5S. The van der Waals surface area contributed by atoms with E-state index in [1.54, 1.807) is 17.7 Å². The molecule has 5 nitrogen and oxygen atoms in total. The van der Waals surface area contributed by atoms with E-state index in [1.807, 2.05) is 36.4 Å². The molecule has 1 fully saturated rings. The summed E-state index contributed by atoms with van der Waals surface area (Å²) in [5, 5.41) is 12.1. The standard InChI is InChI=1S/C24H20FN5S/c25-20-7-5-19(6-8-20)21-15-31-24-22(21)23(27-16-28-24)30-11-9-29(10-12-30)14-18-3-1-17(13-26)2-4-18/h1-8,15-16H,9-12,14H2. The molecule has 0 unspecified atom stereocenters. The number of fused-ring (bicyclic) bond motifs is 1. The molecule has 0 N–H and O–H groups in total. The van der Waals surface area contributed by atoms with Gasteiger partial charge in [0.05, 0.1) is 17.0 Å². The Balaban J connectivity index is 1.35. The lowest BCUT2D eigenvalue weighted by atomic mass is 10.1. The molecule has 4 aromatic rings. The van der Waals surface area contributed by atoms with E-state index in [0.717, 1.165) is 59.9 Å². The second kappa shape index (κ2) is 8.42. The Labute approximate surface area is 184 Å². The van der Waals surface area contributed by atoms with Crippen LogP contribution in [0.15, 0.2) is 60.2 Å². The SMILES string of the molecule is N#Cc1ccc(CN2CCN(c3ncnc4scc(-c5ccc(F)cc5)c34)CC2)cc1. The minimum Gasteiger partial charge on any atom is -0.353 e. The maximum atomic E-state index is 13.4. The molecule has 0 amide bonds.